The summed E-state index contributed by atoms with van der Waals surface area (Å²) in [5.41, 5.74) is 1.11. The summed E-state index contributed by atoms with van der Waals surface area (Å²) in [6.45, 7) is 8.02. The molecule has 1 aliphatic heterocycles. The number of amides is 1. The first-order chi connectivity index (χ1) is 18.5. The maximum Gasteiger partial charge on any atom is 0.237 e. The van der Waals surface area contributed by atoms with Gasteiger partial charge in [-0.3, -0.25) is 4.79 Å². The summed E-state index contributed by atoms with van der Waals surface area (Å²) in [6, 6.07) is 7.43. The summed E-state index contributed by atoms with van der Waals surface area (Å²) in [7, 11) is -6.73. The summed E-state index contributed by atoms with van der Waals surface area (Å²) in [5, 5.41) is 0. The van der Waals surface area contributed by atoms with Crippen molar-refractivity contribution in [3.05, 3.63) is 48.5 Å². The summed E-state index contributed by atoms with van der Waals surface area (Å²) in [6.07, 6.45) is 10.4. The third kappa shape index (κ3) is 9.70. The van der Waals surface area contributed by atoms with Crippen molar-refractivity contribution in [2.75, 3.05) is 51.3 Å². The lowest BCUT2D eigenvalue weighted by Crippen LogP contribution is -2.41. The van der Waals surface area contributed by atoms with Crippen LogP contribution in [0.25, 0.3) is 0 Å². The second-order valence-electron chi connectivity index (χ2n) is 10.4. The van der Waals surface area contributed by atoms with Crippen LogP contribution in [0.5, 0.6) is 0 Å². The minimum Gasteiger partial charge on any atom is -0.342 e. The molecule has 218 valence electrons. The molecule has 0 aliphatic carbocycles. The van der Waals surface area contributed by atoms with Gasteiger partial charge in [0.15, 0.2) is 9.84 Å². The van der Waals surface area contributed by atoms with Crippen LogP contribution in [0.1, 0.15) is 45.1 Å². The zero-order valence-electron chi connectivity index (χ0n) is 23.4. The fourth-order valence-electron chi connectivity index (χ4n) is 4.94. The van der Waals surface area contributed by atoms with E-state index in [1.54, 1.807) is 35.4 Å². The van der Waals surface area contributed by atoms with E-state index < -0.39 is 19.9 Å². The van der Waals surface area contributed by atoms with Gasteiger partial charge in [-0.25, -0.2) is 21.8 Å². The number of hydrogen-bond acceptors (Lipinski definition) is 7. The molecule has 10 nitrogen and oxygen atoms in total. The molecule has 1 aromatic heterocycles. The fraction of sp³-hybridized carbons (Fsp3) is 0.630. The lowest BCUT2D eigenvalue weighted by Gasteiger charge is -2.29. The summed E-state index contributed by atoms with van der Waals surface area (Å²) >= 11 is 0. The van der Waals surface area contributed by atoms with Crippen molar-refractivity contribution in [2.24, 2.45) is 0 Å². The van der Waals surface area contributed by atoms with Crippen LogP contribution < -0.4 is 0 Å². The number of sulfone groups is 1. The van der Waals surface area contributed by atoms with Gasteiger partial charge >= 0.3 is 0 Å². The van der Waals surface area contributed by atoms with E-state index in [-0.39, 0.29) is 18.2 Å². The zero-order chi connectivity index (χ0) is 28.5. The Labute approximate surface area is 234 Å². The van der Waals surface area contributed by atoms with Gasteiger partial charge in [0.25, 0.3) is 0 Å². The van der Waals surface area contributed by atoms with Crippen LogP contribution in [0, 0.1) is 0 Å². The zero-order valence-corrected chi connectivity index (χ0v) is 25.0. The van der Waals surface area contributed by atoms with Crippen LogP contribution in [0.15, 0.2) is 47.9 Å². The first kappa shape index (κ1) is 31.3. The van der Waals surface area contributed by atoms with Crippen LogP contribution >= 0.6 is 0 Å². The molecule has 1 aliphatic rings. The van der Waals surface area contributed by atoms with E-state index in [0.29, 0.717) is 43.5 Å². The predicted molar refractivity (Wildman–Crippen MR) is 153 cm³/mol. The number of nitrogens with zero attached hydrogens (tertiary/aromatic N) is 5. The molecule has 3 rings (SSSR count). The molecule has 1 aromatic carbocycles. The number of aryl methyl sites for hydroxylation is 1. The van der Waals surface area contributed by atoms with Crippen LogP contribution in [-0.2, 0) is 37.6 Å². The Hall–Kier alpha value is -2.28. The highest BCUT2D eigenvalue weighted by Crippen LogP contribution is 2.16. The molecule has 0 N–H and O–H groups in total. The normalized spacial score (nSPS) is 16.5. The quantitative estimate of drug-likeness (QED) is 0.297. The van der Waals surface area contributed by atoms with Crippen LogP contribution in [0.3, 0.4) is 0 Å². The van der Waals surface area contributed by atoms with Crippen LogP contribution in [-0.4, -0.2) is 104 Å². The molecule has 1 fully saturated rings. The molecule has 1 unspecified atom stereocenters. The molecule has 12 heteroatoms. The Morgan fingerprint density at radius 1 is 1.03 bits per heavy atom. The molecule has 0 radical (unpaired) electrons. The van der Waals surface area contributed by atoms with Crippen molar-refractivity contribution >= 4 is 25.8 Å². The van der Waals surface area contributed by atoms with Crippen LogP contribution in [0.4, 0.5) is 0 Å². The molecule has 0 bridgehead atoms. The number of aromatic nitrogens is 2. The Kier molecular flexibility index (Phi) is 11.5. The standard InChI is InChI=1S/C27H43N5O5S2/c1-4-13-30(24(2)21-25-8-10-26(11-9-25)38(3,34)35)14-5-6-15-31-16-7-17-32(22-27(31)33)39(36,37)20-19-29-18-12-28-23-29/h8-12,18,23-24H,4-7,13-17,19-22H2,1-3H3. The van der Waals surface area contributed by atoms with E-state index in [2.05, 4.69) is 23.7 Å². The van der Waals surface area contributed by atoms with Crippen molar-refractivity contribution < 1.29 is 21.6 Å². The monoisotopic (exact) mass is 581 g/mol. The summed E-state index contributed by atoms with van der Waals surface area (Å²) in [4.78, 5) is 21.4. The summed E-state index contributed by atoms with van der Waals surface area (Å²) in [5.74, 6) is -0.181. The maximum absolute atomic E-state index is 12.9. The SMILES string of the molecule is CCCN(CCCCN1CCCN(S(=O)(=O)CCn2ccnc2)CC1=O)C(C)Cc1ccc(S(C)(=O)=O)cc1. The molecule has 1 amide bonds. The van der Waals surface area contributed by atoms with Gasteiger partial charge in [-0.05, 0) is 69.8 Å². The summed E-state index contributed by atoms with van der Waals surface area (Å²) < 4.78 is 52.2. The number of sulfonamides is 1. The minimum atomic E-state index is -3.53. The molecule has 1 atom stereocenters. The molecular formula is C27H43N5O5S2. The predicted octanol–water partition coefficient (Wildman–Crippen LogP) is 2.27. The van der Waals surface area contributed by atoms with E-state index in [9.17, 15) is 21.6 Å². The van der Waals surface area contributed by atoms with Crippen molar-refractivity contribution in [2.45, 2.75) is 63.4 Å². The lowest BCUT2D eigenvalue weighted by molar-refractivity contribution is -0.130. The Morgan fingerprint density at radius 2 is 1.77 bits per heavy atom. The van der Waals surface area contributed by atoms with Crippen molar-refractivity contribution in [1.82, 2.24) is 23.7 Å². The number of benzene rings is 1. The van der Waals surface area contributed by atoms with E-state index in [0.717, 1.165) is 44.3 Å². The first-order valence-electron chi connectivity index (χ1n) is 13.7. The van der Waals surface area contributed by atoms with Crippen molar-refractivity contribution in [3.63, 3.8) is 0 Å². The van der Waals surface area contributed by atoms with E-state index >= 15 is 0 Å². The van der Waals surface area contributed by atoms with Gasteiger partial charge in [-0.1, -0.05) is 19.1 Å². The molecule has 1 saturated heterocycles. The van der Waals surface area contributed by atoms with E-state index in [4.69, 9.17) is 0 Å². The Morgan fingerprint density at radius 3 is 2.41 bits per heavy atom. The minimum absolute atomic E-state index is 0.0517. The second-order valence-corrected chi connectivity index (χ2v) is 14.5. The number of unbranched alkanes of at least 4 members (excludes halogenated alkanes) is 1. The van der Waals surface area contributed by atoms with Gasteiger partial charge < -0.3 is 14.4 Å². The Bertz CT molecular complexity index is 1250. The van der Waals surface area contributed by atoms with Gasteiger partial charge in [0.05, 0.1) is 23.5 Å². The first-order valence-corrected chi connectivity index (χ1v) is 17.2. The number of rotatable bonds is 15. The Balaban J connectivity index is 1.45. The number of hydrogen-bond donors (Lipinski definition) is 0. The van der Waals surface area contributed by atoms with Crippen molar-refractivity contribution in [1.29, 1.82) is 0 Å². The highest BCUT2D eigenvalue weighted by Gasteiger charge is 2.29. The highest BCUT2D eigenvalue weighted by atomic mass is 32.2. The average molecular weight is 582 g/mol. The molecule has 2 heterocycles. The number of imidazole rings is 1. The topological polar surface area (TPSA) is 113 Å². The third-order valence-electron chi connectivity index (χ3n) is 7.20. The van der Waals surface area contributed by atoms with E-state index in [1.807, 2.05) is 17.0 Å². The number of carbonyl (C=O) groups excluding carboxylic acids is 1. The van der Waals surface area contributed by atoms with Gasteiger partial charge in [-0.2, -0.15) is 4.31 Å². The third-order valence-corrected chi connectivity index (χ3v) is 10.1. The molecule has 0 spiro atoms. The highest BCUT2D eigenvalue weighted by molar-refractivity contribution is 7.90. The fourth-order valence-corrected chi connectivity index (χ4v) is 6.98. The second kappa shape index (κ2) is 14.4. The van der Waals surface area contributed by atoms with Gasteiger partial charge in [-0.15, -0.1) is 0 Å². The van der Waals surface area contributed by atoms with Gasteiger partial charge in [0.2, 0.25) is 15.9 Å². The number of carbonyl (C=O) groups is 1. The lowest BCUT2D eigenvalue weighted by atomic mass is 10.1. The van der Waals surface area contributed by atoms with Gasteiger partial charge in [0, 0.05) is 50.9 Å². The maximum atomic E-state index is 12.9. The van der Waals surface area contributed by atoms with E-state index in [1.165, 1.54) is 10.6 Å². The average Bonchev–Trinajstić information content (AvgIpc) is 3.33. The molecule has 2 aromatic rings. The molecular weight excluding hydrogens is 538 g/mol. The van der Waals surface area contributed by atoms with Crippen molar-refractivity contribution in [3.8, 4) is 0 Å². The molecule has 0 saturated carbocycles. The smallest absolute Gasteiger partial charge is 0.237 e. The largest absolute Gasteiger partial charge is 0.342 e. The van der Waals surface area contributed by atoms with Crippen LogP contribution in [0.2, 0.25) is 0 Å². The van der Waals surface area contributed by atoms with Gasteiger partial charge in [0.1, 0.15) is 0 Å². The molecule has 39 heavy (non-hydrogen) atoms.